The van der Waals surface area contributed by atoms with Gasteiger partial charge >= 0.3 is 0 Å². The zero-order valence-electron chi connectivity index (χ0n) is 12.2. The van der Waals surface area contributed by atoms with E-state index < -0.39 is 10.0 Å². The van der Waals surface area contributed by atoms with Gasteiger partial charge in [0, 0.05) is 35.9 Å². The summed E-state index contributed by atoms with van der Waals surface area (Å²) in [5.74, 6) is 0.246. The van der Waals surface area contributed by atoms with Crippen molar-refractivity contribution in [2.24, 2.45) is 5.92 Å². The predicted octanol–water partition coefficient (Wildman–Crippen LogP) is 2.42. The minimum atomic E-state index is -3.52. The van der Waals surface area contributed by atoms with Gasteiger partial charge in [0.25, 0.3) is 0 Å². The van der Waals surface area contributed by atoms with Gasteiger partial charge in [-0.15, -0.1) is 0 Å². The van der Waals surface area contributed by atoms with Crippen molar-refractivity contribution in [3.8, 4) is 0 Å². The Bertz CT molecular complexity index is 719. The molecule has 6 heteroatoms. The molecular weight excluding hydrogens is 274 g/mol. The molecule has 0 bridgehead atoms. The Morgan fingerprint density at radius 2 is 1.90 bits per heavy atom. The van der Waals surface area contributed by atoms with Crippen LogP contribution in [0.2, 0.25) is 0 Å². The number of sulfonamides is 1. The molecular formula is C14H21N3O2S. The van der Waals surface area contributed by atoms with Crippen molar-refractivity contribution < 1.29 is 8.42 Å². The van der Waals surface area contributed by atoms with Crippen LogP contribution >= 0.6 is 0 Å². The van der Waals surface area contributed by atoms with E-state index in [9.17, 15) is 8.42 Å². The topological polar surface area (TPSA) is 79.2 Å². The number of hydrogen-bond donors (Lipinski definition) is 2. The van der Waals surface area contributed by atoms with Gasteiger partial charge in [-0.1, -0.05) is 13.8 Å². The smallest absolute Gasteiger partial charge is 0.245 e. The number of nitrogens with one attached hydrogen (secondary N) is 1. The average molecular weight is 295 g/mol. The van der Waals surface area contributed by atoms with Crippen molar-refractivity contribution in [3.63, 3.8) is 0 Å². The van der Waals surface area contributed by atoms with Gasteiger partial charge in [-0.25, -0.2) is 8.42 Å². The molecule has 0 aliphatic rings. The lowest BCUT2D eigenvalue weighted by atomic mass is 10.1. The molecule has 5 nitrogen and oxygen atoms in total. The first-order valence-corrected chi connectivity index (χ1v) is 8.03. The fourth-order valence-electron chi connectivity index (χ4n) is 2.12. The third kappa shape index (κ3) is 2.41. The Morgan fingerprint density at radius 1 is 1.25 bits per heavy atom. The van der Waals surface area contributed by atoms with Crippen LogP contribution in [0.3, 0.4) is 0 Å². The number of aromatic nitrogens is 1. The van der Waals surface area contributed by atoms with Crippen LogP contribution < -0.4 is 5.73 Å². The summed E-state index contributed by atoms with van der Waals surface area (Å²) >= 11 is 0. The van der Waals surface area contributed by atoms with Crippen LogP contribution in [0.25, 0.3) is 10.9 Å². The highest BCUT2D eigenvalue weighted by atomic mass is 32.2. The number of rotatable bonds is 4. The molecule has 0 aliphatic carbocycles. The Kier molecular flexibility index (Phi) is 3.80. The van der Waals surface area contributed by atoms with Crippen LogP contribution in [-0.2, 0) is 10.0 Å². The second kappa shape index (κ2) is 5.10. The van der Waals surface area contributed by atoms with Crippen molar-refractivity contribution in [1.29, 1.82) is 0 Å². The molecule has 0 amide bonds. The summed E-state index contributed by atoms with van der Waals surface area (Å²) in [6, 6.07) is 5.11. The van der Waals surface area contributed by atoms with Gasteiger partial charge in [0.2, 0.25) is 10.0 Å². The lowest BCUT2D eigenvalue weighted by Crippen LogP contribution is -2.38. The lowest BCUT2D eigenvalue weighted by molar-refractivity contribution is 0.316. The largest absolute Gasteiger partial charge is 0.399 e. The second-order valence-electron chi connectivity index (χ2n) is 5.46. The van der Waals surface area contributed by atoms with E-state index in [-0.39, 0.29) is 12.0 Å². The number of nitrogens with two attached hydrogens (primary N) is 1. The number of benzene rings is 1. The van der Waals surface area contributed by atoms with Gasteiger partial charge < -0.3 is 10.7 Å². The molecule has 2 rings (SSSR count). The number of nitrogen functional groups attached to an aromatic ring is 1. The molecule has 1 aromatic heterocycles. The number of hydrogen-bond acceptors (Lipinski definition) is 3. The number of nitrogens with zero attached hydrogens (tertiary/aromatic N) is 1. The molecule has 2 aromatic rings. The molecule has 0 radical (unpaired) electrons. The zero-order valence-corrected chi connectivity index (χ0v) is 13.0. The SMILES string of the molecule is CC(C)C(C)N(C)S(=O)(=O)c1c[nH]c2cc(N)ccc12. The maximum absolute atomic E-state index is 12.7. The third-order valence-corrected chi connectivity index (χ3v) is 5.85. The molecule has 110 valence electrons. The van der Waals surface area contributed by atoms with Gasteiger partial charge in [0.15, 0.2) is 0 Å². The van der Waals surface area contributed by atoms with E-state index in [1.807, 2.05) is 20.8 Å². The van der Waals surface area contributed by atoms with E-state index in [1.54, 1.807) is 25.2 Å². The van der Waals surface area contributed by atoms with Crippen LogP contribution in [0.15, 0.2) is 29.3 Å². The number of anilines is 1. The molecule has 0 aliphatic heterocycles. The molecule has 3 N–H and O–H groups in total. The van der Waals surface area contributed by atoms with Crippen LogP contribution in [0.4, 0.5) is 5.69 Å². The fourth-order valence-corrected chi connectivity index (χ4v) is 3.78. The van der Waals surface area contributed by atoms with Gasteiger partial charge in [0.05, 0.1) is 0 Å². The normalized spacial score (nSPS) is 14.3. The van der Waals surface area contributed by atoms with E-state index in [0.717, 1.165) is 5.52 Å². The van der Waals surface area contributed by atoms with E-state index in [2.05, 4.69) is 4.98 Å². The molecule has 0 saturated heterocycles. The first-order valence-electron chi connectivity index (χ1n) is 6.59. The summed E-state index contributed by atoms with van der Waals surface area (Å²) in [6.07, 6.45) is 1.53. The van der Waals surface area contributed by atoms with Gasteiger partial charge in [-0.2, -0.15) is 4.31 Å². The zero-order chi connectivity index (χ0) is 15.1. The number of aromatic amines is 1. The van der Waals surface area contributed by atoms with Gasteiger partial charge in [0.1, 0.15) is 4.90 Å². The predicted molar refractivity (Wildman–Crippen MR) is 82.0 cm³/mol. The minimum absolute atomic E-state index is 0.0706. The molecule has 20 heavy (non-hydrogen) atoms. The first-order chi connectivity index (χ1) is 9.25. The Labute approximate surface area is 119 Å². The number of fused-ring (bicyclic) bond motifs is 1. The highest BCUT2D eigenvalue weighted by Gasteiger charge is 2.29. The summed E-state index contributed by atoms with van der Waals surface area (Å²) in [5, 5.41) is 0.669. The summed E-state index contributed by atoms with van der Waals surface area (Å²) in [6.45, 7) is 5.92. The summed E-state index contributed by atoms with van der Waals surface area (Å²) in [7, 11) is -1.90. The van der Waals surface area contributed by atoms with E-state index in [4.69, 9.17) is 5.73 Å². The Balaban J connectivity index is 2.52. The first kappa shape index (κ1) is 14.9. The van der Waals surface area contributed by atoms with Crippen molar-refractivity contribution in [2.45, 2.75) is 31.7 Å². The van der Waals surface area contributed by atoms with E-state index >= 15 is 0 Å². The van der Waals surface area contributed by atoms with Crippen molar-refractivity contribution >= 4 is 26.6 Å². The molecule has 1 heterocycles. The van der Waals surface area contributed by atoms with E-state index in [1.165, 1.54) is 10.5 Å². The second-order valence-corrected chi connectivity index (χ2v) is 7.43. The molecule has 1 atom stereocenters. The highest BCUT2D eigenvalue weighted by Crippen LogP contribution is 2.28. The van der Waals surface area contributed by atoms with Crippen molar-refractivity contribution in [2.75, 3.05) is 12.8 Å². The van der Waals surface area contributed by atoms with Crippen LogP contribution in [-0.4, -0.2) is 30.8 Å². The Morgan fingerprint density at radius 3 is 2.50 bits per heavy atom. The maximum atomic E-state index is 12.7. The van der Waals surface area contributed by atoms with E-state index in [0.29, 0.717) is 16.0 Å². The molecule has 1 aromatic carbocycles. The molecule has 0 saturated carbocycles. The monoisotopic (exact) mass is 295 g/mol. The van der Waals surface area contributed by atoms with Crippen molar-refractivity contribution in [3.05, 3.63) is 24.4 Å². The van der Waals surface area contributed by atoms with Crippen LogP contribution in [0.5, 0.6) is 0 Å². The fraction of sp³-hybridized carbons (Fsp3) is 0.429. The molecule has 0 spiro atoms. The number of H-pyrrole nitrogens is 1. The summed E-state index contributed by atoms with van der Waals surface area (Å²) in [4.78, 5) is 3.27. The molecule has 1 unspecified atom stereocenters. The molecule has 0 fully saturated rings. The maximum Gasteiger partial charge on any atom is 0.245 e. The standard InChI is InChI=1S/C14H21N3O2S/c1-9(2)10(3)17(4)20(18,19)14-8-16-13-7-11(15)5-6-12(13)14/h5-10,16H,15H2,1-4H3. The minimum Gasteiger partial charge on any atom is -0.399 e. The van der Waals surface area contributed by atoms with Crippen LogP contribution in [0, 0.1) is 5.92 Å². The van der Waals surface area contributed by atoms with Gasteiger partial charge in [-0.3, -0.25) is 0 Å². The van der Waals surface area contributed by atoms with Crippen molar-refractivity contribution in [1.82, 2.24) is 9.29 Å². The third-order valence-electron chi connectivity index (χ3n) is 3.86. The average Bonchev–Trinajstić information content (AvgIpc) is 2.80. The quantitative estimate of drug-likeness (QED) is 0.850. The van der Waals surface area contributed by atoms with Crippen LogP contribution in [0.1, 0.15) is 20.8 Å². The summed E-state index contributed by atoms with van der Waals surface area (Å²) in [5.41, 5.74) is 7.04. The van der Waals surface area contributed by atoms with Gasteiger partial charge in [-0.05, 0) is 31.0 Å². The highest BCUT2D eigenvalue weighted by molar-refractivity contribution is 7.89. The lowest BCUT2D eigenvalue weighted by Gasteiger charge is -2.26. The Hall–Kier alpha value is -1.53. The summed E-state index contributed by atoms with van der Waals surface area (Å²) < 4.78 is 26.9.